The molecule has 0 aromatic heterocycles. The number of aliphatic imine (C=N–C) groups is 1. The largest absolute Gasteiger partial charge is 0.354 e. The molecule has 0 saturated heterocycles. The maximum atomic E-state index is 11.9. The number of amides is 1. The first-order valence-corrected chi connectivity index (χ1v) is 7.44. The Hall–Kier alpha value is -2.04. The molecule has 1 rings (SSSR count). The molecule has 2 N–H and O–H groups in total. The first-order valence-electron chi connectivity index (χ1n) is 7.44. The lowest BCUT2D eigenvalue weighted by atomic mass is 10.2. The van der Waals surface area contributed by atoms with Crippen LogP contribution in [-0.2, 0) is 0 Å². The van der Waals surface area contributed by atoms with Crippen LogP contribution in [0.4, 0.5) is 0 Å². The Morgan fingerprint density at radius 3 is 2.48 bits per heavy atom. The summed E-state index contributed by atoms with van der Waals surface area (Å²) in [7, 11) is 3.79. The van der Waals surface area contributed by atoms with E-state index in [1.54, 1.807) is 19.2 Å². The van der Waals surface area contributed by atoms with Crippen LogP contribution in [0.1, 0.15) is 30.1 Å². The molecule has 0 radical (unpaired) electrons. The van der Waals surface area contributed by atoms with Crippen LogP contribution in [-0.4, -0.2) is 50.5 Å². The van der Waals surface area contributed by atoms with Gasteiger partial charge in [0.05, 0.1) is 0 Å². The number of hydrogen-bond acceptors (Lipinski definition) is 2. The minimum Gasteiger partial charge on any atom is -0.354 e. The van der Waals surface area contributed by atoms with E-state index in [-0.39, 0.29) is 5.91 Å². The minimum atomic E-state index is -0.0493. The number of hydrogen-bond donors (Lipinski definition) is 2. The van der Waals surface area contributed by atoms with Gasteiger partial charge in [-0.3, -0.25) is 9.79 Å². The summed E-state index contributed by atoms with van der Waals surface area (Å²) >= 11 is 0. The third kappa shape index (κ3) is 6.29. The molecule has 0 atom stereocenters. The summed E-state index contributed by atoms with van der Waals surface area (Å²) in [5, 5.41) is 6.13. The van der Waals surface area contributed by atoms with E-state index in [0.29, 0.717) is 18.7 Å². The lowest BCUT2D eigenvalue weighted by molar-refractivity contribution is 0.0954. The predicted octanol–water partition coefficient (Wildman–Crippen LogP) is 1.72. The summed E-state index contributed by atoms with van der Waals surface area (Å²) < 4.78 is 0. The zero-order chi connectivity index (χ0) is 15.5. The Bertz CT molecular complexity index is 445. The fourth-order valence-electron chi connectivity index (χ4n) is 1.93. The second-order valence-electron chi connectivity index (χ2n) is 4.87. The lowest BCUT2D eigenvalue weighted by Crippen LogP contribution is -2.42. The topological polar surface area (TPSA) is 56.7 Å². The molecular formula is C16H26N4O. The third-order valence-corrected chi connectivity index (χ3v) is 3.15. The third-order valence-electron chi connectivity index (χ3n) is 3.15. The smallest absolute Gasteiger partial charge is 0.251 e. The highest BCUT2D eigenvalue weighted by Crippen LogP contribution is 1.97. The molecule has 0 aliphatic rings. The number of benzene rings is 1. The lowest BCUT2D eigenvalue weighted by Gasteiger charge is -2.21. The van der Waals surface area contributed by atoms with Crippen LogP contribution in [0.3, 0.4) is 0 Å². The van der Waals surface area contributed by atoms with Crippen molar-refractivity contribution in [1.29, 1.82) is 0 Å². The quantitative estimate of drug-likeness (QED) is 0.457. The van der Waals surface area contributed by atoms with E-state index < -0.39 is 0 Å². The summed E-state index contributed by atoms with van der Waals surface area (Å²) in [6.07, 6.45) is 2.30. The molecule has 0 unspecified atom stereocenters. The van der Waals surface area contributed by atoms with Gasteiger partial charge in [-0.15, -0.1) is 0 Å². The Kier molecular flexibility index (Phi) is 7.94. The van der Waals surface area contributed by atoms with E-state index in [9.17, 15) is 4.79 Å². The van der Waals surface area contributed by atoms with Crippen molar-refractivity contribution in [2.45, 2.75) is 19.8 Å². The highest BCUT2D eigenvalue weighted by molar-refractivity contribution is 5.94. The van der Waals surface area contributed by atoms with Gasteiger partial charge in [0.25, 0.3) is 5.91 Å². The summed E-state index contributed by atoms with van der Waals surface area (Å²) in [4.78, 5) is 18.2. The Labute approximate surface area is 127 Å². The monoisotopic (exact) mass is 290 g/mol. The highest BCUT2D eigenvalue weighted by atomic mass is 16.1. The molecule has 0 aliphatic carbocycles. The zero-order valence-electron chi connectivity index (χ0n) is 13.2. The first-order chi connectivity index (χ1) is 10.2. The van der Waals surface area contributed by atoms with Crippen LogP contribution < -0.4 is 10.6 Å². The number of rotatable bonds is 7. The average Bonchev–Trinajstić information content (AvgIpc) is 2.53. The minimum absolute atomic E-state index is 0.0493. The second-order valence-corrected chi connectivity index (χ2v) is 4.87. The fraction of sp³-hybridized carbons (Fsp3) is 0.500. The van der Waals surface area contributed by atoms with E-state index in [2.05, 4.69) is 27.4 Å². The van der Waals surface area contributed by atoms with Gasteiger partial charge in [0.1, 0.15) is 0 Å². The van der Waals surface area contributed by atoms with E-state index in [4.69, 9.17) is 0 Å². The van der Waals surface area contributed by atoms with E-state index in [0.717, 1.165) is 25.3 Å². The van der Waals surface area contributed by atoms with Crippen LogP contribution in [0.2, 0.25) is 0 Å². The van der Waals surface area contributed by atoms with Crippen LogP contribution in [0.5, 0.6) is 0 Å². The zero-order valence-corrected chi connectivity index (χ0v) is 13.2. The maximum Gasteiger partial charge on any atom is 0.251 e. The van der Waals surface area contributed by atoms with Crippen molar-refractivity contribution in [2.24, 2.45) is 4.99 Å². The molecule has 116 valence electrons. The average molecular weight is 290 g/mol. The molecule has 0 spiro atoms. The molecule has 1 aromatic carbocycles. The van der Waals surface area contributed by atoms with Gasteiger partial charge in [-0.25, -0.2) is 0 Å². The van der Waals surface area contributed by atoms with E-state index in [1.807, 2.05) is 25.2 Å². The number of nitrogens with one attached hydrogen (secondary N) is 2. The Morgan fingerprint density at radius 2 is 1.86 bits per heavy atom. The molecule has 0 aliphatic heterocycles. The van der Waals surface area contributed by atoms with Crippen molar-refractivity contribution < 1.29 is 4.79 Å². The molecule has 0 heterocycles. The van der Waals surface area contributed by atoms with Gasteiger partial charge in [0.2, 0.25) is 0 Å². The van der Waals surface area contributed by atoms with Gasteiger partial charge in [0, 0.05) is 39.3 Å². The fourth-order valence-corrected chi connectivity index (χ4v) is 1.93. The Morgan fingerprint density at radius 1 is 1.19 bits per heavy atom. The molecule has 1 aromatic rings. The van der Waals surface area contributed by atoms with E-state index in [1.165, 1.54) is 0 Å². The number of unbranched alkanes of at least 4 members (excludes halogenated alkanes) is 1. The van der Waals surface area contributed by atoms with Crippen LogP contribution in [0.25, 0.3) is 0 Å². The molecule has 1 amide bonds. The summed E-state index contributed by atoms with van der Waals surface area (Å²) in [6, 6.07) is 9.23. The van der Waals surface area contributed by atoms with Crippen molar-refractivity contribution in [3.05, 3.63) is 35.9 Å². The molecule has 0 fully saturated rings. The molecular weight excluding hydrogens is 264 g/mol. The molecule has 21 heavy (non-hydrogen) atoms. The summed E-state index contributed by atoms with van der Waals surface area (Å²) in [5.74, 6) is 0.809. The molecule has 5 heteroatoms. The second kappa shape index (κ2) is 9.80. The van der Waals surface area contributed by atoms with Crippen molar-refractivity contribution in [1.82, 2.24) is 15.5 Å². The normalized spacial score (nSPS) is 11.1. The molecule has 0 saturated carbocycles. The van der Waals surface area contributed by atoms with Crippen molar-refractivity contribution in [3.63, 3.8) is 0 Å². The van der Waals surface area contributed by atoms with E-state index >= 15 is 0 Å². The van der Waals surface area contributed by atoms with Crippen LogP contribution in [0, 0.1) is 0 Å². The number of nitrogens with zero attached hydrogens (tertiary/aromatic N) is 2. The standard InChI is InChI=1S/C16H26N4O/c1-4-5-13-20(3)16(17-2)19-12-11-18-15(21)14-9-7-6-8-10-14/h6-10H,4-5,11-13H2,1-3H3,(H,17,19)(H,18,21). The van der Waals surface area contributed by atoms with Gasteiger partial charge in [-0.1, -0.05) is 31.5 Å². The number of carbonyl (C=O) groups excluding carboxylic acids is 1. The predicted molar refractivity (Wildman–Crippen MR) is 87.7 cm³/mol. The first kappa shape index (κ1) is 17.0. The van der Waals surface area contributed by atoms with Gasteiger partial charge >= 0.3 is 0 Å². The summed E-state index contributed by atoms with van der Waals surface area (Å²) in [6.45, 7) is 4.37. The molecule has 0 bridgehead atoms. The van der Waals surface area contributed by atoms with Gasteiger partial charge < -0.3 is 15.5 Å². The van der Waals surface area contributed by atoms with Crippen molar-refractivity contribution >= 4 is 11.9 Å². The number of carbonyl (C=O) groups is 1. The Balaban J connectivity index is 2.28. The highest BCUT2D eigenvalue weighted by Gasteiger charge is 2.05. The van der Waals surface area contributed by atoms with Gasteiger partial charge in [-0.05, 0) is 18.6 Å². The van der Waals surface area contributed by atoms with Crippen LogP contribution in [0.15, 0.2) is 35.3 Å². The van der Waals surface area contributed by atoms with Gasteiger partial charge in [-0.2, -0.15) is 0 Å². The van der Waals surface area contributed by atoms with Gasteiger partial charge in [0.15, 0.2) is 5.96 Å². The summed E-state index contributed by atoms with van der Waals surface area (Å²) in [5.41, 5.74) is 0.682. The van der Waals surface area contributed by atoms with Crippen LogP contribution >= 0.6 is 0 Å². The van der Waals surface area contributed by atoms with Crippen molar-refractivity contribution in [3.8, 4) is 0 Å². The molecule has 5 nitrogen and oxygen atoms in total. The number of guanidine groups is 1. The maximum absolute atomic E-state index is 11.9. The van der Waals surface area contributed by atoms with Crippen molar-refractivity contribution in [2.75, 3.05) is 33.7 Å². The SMILES string of the molecule is CCCCN(C)C(=NC)NCCNC(=O)c1ccccc1.